The van der Waals surface area contributed by atoms with Crippen molar-refractivity contribution in [2.24, 2.45) is 0 Å². The molecule has 0 aromatic heterocycles. The van der Waals surface area contributed by atoms with Gasteiger partial charge in [-0.1, -0.05) is 121 Å². The topological polar surface area (TPSA) is 23.5 Å². The second-order valence-corrected chi connectivity index (χ2v) is 8.56. The highest BCUT2D eigenvalue weighted by Crippen LogP contribution is 2.49. The van der Waals surface area contributed by atoms with Crippen LogP contribution in [-0.2, 0) is 5.54 Å². The van der Waals surface area contributed by atoms with Crippen LogP contribution in [0.4, 0.5) is 0 Å². The highest BCUT2D eigenvalue weighted by Gasteiger charge is 2.50. The SMILES string of the molecule is OC[C@@H](c1ccccc1)[C@@H]1CCN1C(c1ccccc1)(c1ccccc1)c1ccccc1. The third kappa shape index (κ3) is 3.46. The zero-order valence-electron chi connectivity index (χ0n) is 18.2. The Balaban J connectivity index is 1.72. The molecule has 1 aliphatic heterocycles. The van der Waals surface area contributed by atoms with E-state index < -0.39 is 5.54 Å². The van der Waals surface area contributed by atoms with Crippen molar-refractivity contribution >= 4 is 0 Å². The Kier molecular flexibility index (Phi) is 5.89. The summed E-state index contributed by atoms with van der Waals surface area (Å²) in [4.78, 5) is 2.61. The molecule has 1 N–H and O–H groups in total. The average Bonchev–Trinajstić information content (AvgIpc) is 2.87. The number of hydrogen-bond donors (Lipinski definition) is 1. The van der Waals surface area contributed by atoms with Gasteiger partial charge in [0.2, 0.25) is 0 Å². The number of aliphatic hydroxyl groups excluding tert-OH is 1. The number of aliphatic hydroxyl groups is 1. The van der Waals surface area contributed by atoms with Gasteiger partial charge in [0.05, 0.1) is 12.1 Å². The van der Waals surface area contributed by atoms with E-state index in [1.165, 1.54) is 22.3 Å². The zero-order valence-corrected chi connectivity index (χ0v) is 18.2. The summed E-state index contributed by atoms with van der Waals surface area (Å²) < 4.78 is 0. The molecule has 0 radical (unpaired) electrons. The van der Waals surface area contributed by atoms with Crippen LogP contribution in [0, 0.1) is 0 Å². The fourth-order valence-electron chi connectivity index (χ4n) is 5.43. The first-order valence-electron chi connectivity index (χ1n) is 11.4. The molecule has 4 aromatic rings. The van der Waals surface area contributed by atoms with Gasteiger partial charge in [-0.3, -0.25) is 4.90 Å². The minimum Gasteiger partial charge on any atom is -0.396 e. The zero-order chi connectivity index (χ0) is 21.8. The molecule has 0 bridgehead atoms. The van der Waals surface area contributed by atoms with Crippen molar-refractivity contribution in [3.63, 3.8) is 0 Å². The monoisotopic (exact) mass is 419 g/mol. The molecule has 0 saturated carbocycles. The molecule has 160 valence electrons. The van der Waals surface area contributed by atoms with Crippen molar-refractivity contribution < 1.29 is 5.11 Å². The van der Waals surface area contributed by atoms with Gasteiger partial charge >= 0.3 is 0 Å². The van der Waals surface area contributed by atoms with Crippen molar-refractivity contribution in [2.45, 2.75) is 23.9 Å². The summed E-state index contributed by atoms with van der Waals surface area (Å²) in [6.45, 7) is 1.12. The normalized spacial score (nSPS) is 17.5. The summed E-state index contributed by atoms with van der Waals surface area (Å²) in [5.41, 5.74) is 4.55. The van der Waals surface area contributed by atoms with E-state index in [0.29, 0.717) is 0 Å². The Morgan fingerprint density at radius 2 is 1.06 bits per heavy atom. The van der Waals surface area contributed by atoms with Gasteiger partial charge in [-0.2, -0.15) is 0 Å². The van der Waals surface area contributed by atoms with E-state index in [4.69, 9.17) is 0 Å². The molecule has 2 heteroatoms. The van der Waals surface area contributed by atoms with E-state index in [1.807, 2.05) is 6.07 Å². The van der Waals surface area contributed by atoms with Crippen molar-refractivity contribution in [3.8, 4) is 0 Å². The van der Waals surface area contributed by atoms with E-state index in [2.05, 4.69) is 120 Å². The number of hydrogen-bond acceptors (Lipinski definition) is 2. The lowest BCUT2D eigenvalue weighted by Gasteiger charge is -2.57. The first-order chi connectivity index (χ1) is 15.9. The Bertz CT molecular complexity index is 1020. The molecule has 1 fully saturated rings. The molecule has 32 heavy (non-hydrogen) atoms. The maximum absolute atomic E-state index is 10.5. The molecule has 0 unspecified atom stereocenters. The Morgan fingerprint density at radius 3 is 1.41 bits per heavy atom. The molecule has 4 aromatic carbocycles. The van der Waals surface area contributed by atoms with Crippen molar-refractivity contribution in [1.82, 2.24) is 4.90 Å². The van der Waals surface area contributed by atoms with E-state index in [-0.39, 0.29) is 18.6 Å². The lowest BCUT2D eigenvalue weighted by atomic mass is 9.70. The first kappa shape index (κ1) is 20.7. The third-order valence-electron chi connectivity index (χ3n) is 6.96. The largest absolute Gasteiger partial charge is 0.396 e. The lowest BCUT2D eigenvalue weighted by molar-refractivity contribution is -0.0132. The second kappa shape index (κ2) is 9.12. The standard InChI is InChI=1S/C30H29NO/c32-23-28(24-13-5-1-6-14-24)29-21-22-31(29)30(25-15-7-2-8-16-25,26-17-9-3-10-18-26)27-19-11-4-12-20-27/h1-20,28-29,32H,21-23H2/t28-,29-/m0/s1. The third-order valence-corrected chi connectivity index (χ3v) is 6.96. The molecule has 0 aliphatic carbocycles. The van der Waals surface area contributed by atoms with E-state index >= 15 is 0 Å². The molecular weight excluding hydrogens is 390 g/mol. The van der Waals surface area contributed by atoms with Gasteiger partial charge < -0.3 is 5.11 Å². The van der Waals surface area contributed by atoms with Gasteiger partial charge in [0, 0.05) is 18.5 Å². The van der Waals surface area contributed by atoms with Gasteiger partial charge in [0.15, 0.2) is 0 Å². The molecule has 1 saturated heterocycles. The molecule has 0 amide bonds. The van der Waals surface area contributed by atoms with Crippen LogP contribution in [0.15, 0.2) is 121 Å². The van der Waals surface area contributed by atoms with Crippen molar-refractivity contribution in [1.29, 1.82) is 0 Å². The minimum absolute atomic E-state index is 0.0699. The minimum atomic E-state index is -0.422. The van der Waals surface area contributed by atoms with Gasteiger partial charge in [-0.15, -0.1) is 0 Å². The molecule has 2 atom stereocenters. The Labute approximate surface area is 190 Å². The summed E-state index contributed by atoms with van der Waals surface area (Å²) in [5, 5.41) is 10.5. The van der Waals surface area contributed by atoms with Crippen LogP contribution in [0.1, 0.15) is 34.6 Å². The summed E-state index contributed by atoms with van der Waals surface area (Å²) in [7, 11) is 0. The summed E-state index contributed by atoms with van der Waals surface area (Å²) >= 11 is 0. The highest BCUT2D eigenvalue weighted by molar-refractivity contribution is 5.50. The molecule has 5 rings (SSSR count). The maximum Gasteiger partial charge on any atom is 0.0975 e. The van der Waals surface area contributed by atoms with Gasteiger partial charge in [-0.05, 0) is 28.7 Å². The molecular formula is C30H29NO. The Hall–Kier alpha value is -3.20. The van der Waals surface area contributed by atoms with Crippen LogP contribution >= 0.6 is 0 Å². The molecule has 0 spiro atoms. The van der Waals surface area contributed by atoms with Crippen LogP contribution in [0.5, 0.6) is 0 Å². The van der Waals surface area contributed by atoms with Crippen LogP contribution in [0.3, 0.4) is 0 Å². The first-order valence-corrected chi connectivity index (χ1v) is 11.4. The van der Waals surface area contributed by atoms with Crippen LogP contribution in [0.25, 0.3) is 0 Å². The summed E-state index contributed by atoms with van der Waals surface area (Å²) in [6.07, 6.45) is 1.06. The van der Waals surface area contributed by atoms with E-state index in [9.17, 15) is 5.11 Å². The van der Waals surface area contributed by atoms with Crippen LogP contribution in [-0.4, -0.2) is 29.2 Å². The van der Waals surface area contributed by atoms with Gasteiger partial charge in [0.1, 0.15) is 0 Å². The molecule has 1 aliphatic rings. The average molecular weight is 420 g/mol. The van der Waals surface area contributed by atoms with Gasteiger partial charge in [0.25, 0.3) is 0 Å². The smallest absolute Gasteiger partial charge is 0.0975 e. The van der Waals surface area contributed by atoms with Crippen molar-refractivity contribution in [3.05, 3.63) is 144 Å². The predicted octanol–water partition coefficient (Wildman–Crippen LogP) is 5.83. The van der Waals surface area contributed by atoms with Crippen molar-refractivity contribution in [2.75, 3.05) is 13.2 Å². The lowest BCUT2D eigenvalue weighted by Crippen LogP contribution is -2.62. The highest BCUT2D eigenvalue weighted by atomic mass is 16.3. The fraction of sp³-hybridized carbons (Fsp3) is 0.200. The van der Waals surface area contributed by atoms with Crippen LogP contribution in [0.2, 0.25) is 0 Å². The van der Waals surface area contributed by atoms with Crippen LogP contribution < -0.4 is 0 Å². The maximum atomic E-state index is 10.5. The molecule has 2 nitrogen and oxygen atoms in total. The number of rotatable bonds is 7. The number of nitrogens with zero attached hydrogens (tertiary/aromatic N) is 1. The van der Waals surface area contributed by atoms with Gasteiger partial charge in [-0.25, -0.2) is 0 Å². The summed E-state index contributed by atoms with van der Waals surface area (Å²) in [6, 6.07) is 43.2. The fourth-order valence-corrected chi connectivity index (χ4v) is 5.43. The summed E-state index contributed by atoms with van der Waals surface area (Å²) in [5.74, 6) is 0.0699. The predicted molar refractivity (Wildman–Crippen MR) is 131 cm³/mol. The molecule has 1 heterocycles. The van der Waals surface area contributed by atoms with E-state index in [0.717, 1.165) is 13.0 Å². The van der Waals surface area contributed by atoms with E-state index in [1.54, 1.807) is 0 Å². The second-order valence-electron chi connectivity index (χ2n) is 8.56. The number of likely N-dealkylation sites (tertiary alicyclic amines) is 1. The number of benzene rings is 4. The Morgan fingerprint density at radius 1 is 0.656 bits per heavy atom. The quantitative estimate of drug-likeness (QED) is 0.381.